The van der Waals surface area contributed by atoms with Crippen molar-refractivity contribution in [1.29, 1.82) is 0 Å². The van der Waals surface area contributed by atoms with E-state index in [0.717, 1.165) is 25.7 Å². The Morgan fingerprint density at radius 3 is 2.26 bits per heavy atom. The molecule has 0 aromatic rings. The molecule has 0 radical (unpaired) electrons. The van der Waals surface area contributed by atoms with Crippen molar-refractivity contribution in [3.05, 3.63) is 24.3 Å². The molecule has 4 aliphatic heterocycles. The van der Waals surface area contributed by atoms with E-state index >= 15 is 0 Å². The molecule has 0 saturated carbocycles. The molecule has 0 aromatic heterocycles. The van der Waals surface area contributed by atoms with E-state index in [1.165, 1.54) is 0 Å². The summed E-state index contributed by atoms with van der Waals surface area (Å²) >= 11 is 0. The van der Waals surface area contributed by atoms with Crippen molar-refractivity contribution in [1.82, 2.24) is 14.7 Å². The van der Waals surface area contributed by atoms with Crippen LogP contribution >= 0.6 is 0 Å². The Bertz CT molecular complexity index is 872. The fourth-order valence-corrected chi connectivity index (χ4v) is 6.32. The number of carbonyl (C=O) groups excluding carboxylic acids is 3. The molecule has 2 saturated heterocycles. The highest BCUT2D eigenvalue weighted by Gasteiger charge is 2.74. The summed E-state index contributed by atoms with van der Waals surface area (Å²) in [5.74, 6) is -1.91. The molecule has 0 aromatic carbocycles. The zero-order chi connectivity index (χ0) is 24.5. The summed E-state index contributed by atoms with van der Waals surface area (Å²) in [6.07, 6.45) is 11.9. The van der Waals surface area contributed by atoms with Crippen molar-refractivity contribution in [2.24, 2.45) is 11.8 Å². The number of carbonyl (C=O) groups is 3. The molecule has 8 nitrogen and oxygen atoms in total. The Labute approximate surface area is 202 Å². The van der Waals surface area contributed by atoms with Gasteiger partial charge in [-0.2, -0.15) is 0 Å². The molecule has 4 rings (SSSR count). The van der Waals surface area contributed by atoms with Crippen molar-refractivity contribution in [3.63, 3.8) is 0 Å². The Kier molecular flexibility index (Phi) is 7.20. The summed E-state index contributed by atoms with van der Waals surface area (Å²) in [7, 11) is 0. The lowest BCUT2D eigenvalue weighted by atomic mass is 9.74. The summed E-state index contributed by atoms with van der Waals surface area (Å²) in [6, 6.07) is -0.832. The first-order valence-electron chi connectivity index (χ1n) is 12.9. The average Bonchev–Trinajstić information content (AvgIpc) is 3.08. The van der Waals surface area contributed by atoms with Crippen LogP contribution in [-0.4, -0.2) is 94.1 Å². The van der Waals surface area contributed by atoms with Gasteiger partial charge in [-0.25, -0.2) is 0 Å². The summed E-state index contributed by atoms with van der Waals surface area (Å²) in [5, 5.41) is 9.48. The average molecular weight is 474 g/mol. The van der Waals surface area contributed by atoms with Crippen LogP contribution in [0, 0.1) is 11.8 Å². The quantitative estimate of drug-likeness (QED) is 0.407. The van der Waals surface area contributed by atoms with Gasteiger partial charge in [0, 0.05) is 39.3 Å². The highest BCUT2D eigenvalue weighted by atomic mass is 16.5. The lowest BCUT2D eigenvalue weighted by Gasteiger charge is -2.37. The van der Waals surface area contributed by atoms with Gasteiger partial charge >= 0.3 is 0 Å². The molecular formula is C26H39N3O5. The van der Waals surface area contributed by atoms with Gasteiger partial charge in [0.15, 0.2) is 0 Å². The number of rotatable bonds is 9. The van der Waals surface area contributed by atoms with E-state index in [-0.39, 0.29) is 30.9 Å². The minimum absolute atomic E-state index is 0.0770. The zero-order valence-electron chi connectivity index (χ0n) is 20.7. The minimum atomic E-state index is -1.20. The summed E-state index contributed by atoms with van der Waals surface area (Å²) < 4.78 is 6.76. The van der Waals surface area contributed by atoms with Crippen molar-refractivity contribution >= 4 is 17.7 Å². The fraction of sp³-hybridized carbons (Fsp3) is 0.731. The number of aliphatic hydroxyl groups is 1. The third-order valence-corrected chi connectivity index (χ3v) is 7.81. The normalized spacial score (nSPS) is 34.9. The van der Waals surface area contributed by atoms with Crippen LogP contribution in [0.1, 0.15) is 52.9 Å². The predicted octanol–water partition coefficient (Wildman–Crippen LogP) is 1.74. The molecule has 5 atom stereocenters. The molecule has 1 spiro atoms. The van der Waals surface area contributed by atoms with Gasteiger partial charge in [0.1, 0.15) is 11.6 Å². The van der Waals surface area contributed by atoms with Crippen molar-refractivity contribution in [2.45, 2.75) is 70.1 Å². The minimum Gasteiger partial charge on any atom is -0.396 e. The second-order valence-corrected chi connectivity index (χ2v) is 10.2. The van der Waals surface area contributed by atoms with Crippen LogP contribution in [0.15, 0.2) is 24.3 Å². The molecule has 4 heterocycles. The van der Waals surface area contributed by atoms with E-state index in [0.29, 0.717) is 32.6 Å². The van der Waals surface area contributed by atoms with Gasteiger partial charge in [-0.15, -0.1) is 0 Å². The second-order valence-electron chi connectivity index (χ2n) is 10.2. The van der Waals surface area contributed by atoms with E-state index in [2.05, 4.69) is 6.92 Å². The van der Waals surface area contributed by atoms with Gasteiger partial charge in [0.2, 0.25) is 17.7 Å². The maximum absolute atomic E-state index is 14.0. The fourth-order valence-electron chi connectivity index (χ4n) is 6.32. The first-order chi connectivity index (χ1) is 16.3. The monoisotopic (exact) mass is 473 g/mol. The lowest BCUT2D eigenvalue weighted by molar-refractivity contribution is -0.152. The largest absolute Gasteiger partial charge is 0.396 e. The lowest BCUT2D eigenvalue weighted by Crippen LogP contribution is -2.56. The smallest absolute Gasteiger partial charge is 0.249 e. The SMILES string of the molecule is CCCCCN1CC=C[C@]23O[C@]4(C)C=CCN(CCC)C(=O)[C@@H]4[C@H]2C(=O)N(CCCO)C3C1=O. The molecule has 1 N–H and O–H groups in total. The maximum Gasteiger partial charge on any atom is 0.249 e. The first kappa shape index (κ1) is 24.9. The maximum atomic E-state index is 14.0. The van der Waals surface area contributed by atoms with E-state index in [9.17, 15) is 19.5 Å². The number of fused-ring (bicyclic) bond motifs is 2. The molecule has 8 heteroatoms. The number of hydrogen-bond acceptors (Lipinski definition) is 5. The second kappa shape index (κ2) is 9.82. The van der Waals surface area contributed by atoms with E-state index in [1.54, 1.807) is 9.80 Å². The number of nitrogens with zero attached hydrogens (tertiary/aromatic N) is 3. The zero-order valence-corrected chi connectivity index (χ0v) is 20.7. The van der Waals surface area contributed by atoms with E-state index in [4.69, 9.17) is 4.74 Å². The van der Waals surface area contributed by atoms with Crippen molar-refractivity contribution < 1.29 is 24.2 Å². The Balaban J connectivity index is 1.77. The third kappa shape index (κ3) is 3.88. The van der Waals surface area contributed by atoms with Crippen LogP contribution in [0.5, 0.6) is 0 Å². The van der Waals surface area contributed by atoms with E-state index in [1.807, 2.05) is 43.1 Å². The molecule has 188 valence electrons. The summed E-state index contributed by atoms with van der Waals surface area (Å²) in [5.41, 5.74) is -2.17. The molecule has 2 fully saturated rings. The summed E-state index contributed by atoms with van der Waals surface area (Å²) in [6.45, 7) is 8.41. The Morgan fingerprint density at radius 2 is 1.59 bits per heavy atom. The third-order valence-electron chi connectivity index (χ3n) is 7.81. The van der Waals surface area contributed by atoms with E-state index < -0.39 is 29.1 Å². The summed E-state index contributed by atoms with van der Waals surface area (Å²) in [4.78, 5) is 46.9. The topological polar surface area (TPSA) is 90.4 Å². The van der Waals surface area contributed by atoms with Crippen LogP contribution in [-0.2, 0) is 19.1 Å². The number of ether oxygens (including phenoxy) is 1. The number of amides is 3. The van der Waals surface area contributed by atoms with Crippen LogP contribution in [0.3, 0.4) is 0 Å². The molecule has 0 bridgehead atoms. The van der Waals surface area contributed by atoms with Gasteiger partial charge in [-0.1, -0.05) is 51.0 Å². The highest BCUT2D eigenvalue weighted by Crippen LogP contribution is 2.57. The number of aliphatic hydroxyl groups excluding tert-OH is 1. The first-order valence-corrected chi connectivity index (χ1v) is 12.9. The molecule has 34 heavy (non-hydrogen) atoms. The molecule has 0 aliphatic carbocycles. The van der Waals surface area contributed by atoms with Crippen LogP contribution in [0.2, 0.25) is 0 Å². The van der Waals surface area contributed by atoms with Gasteiger partial charge < -0.3 is 24.5 Å². The highest BCUT2D eigenvalue weighted by molar-refractivity contribution is 6.00. The van der Waals surface area contributed by atoms with Gasteiger partial charge in [0.05, 0.1) is 17.4 Å². The number of likely N-dealkylation sites (tertiary alicyclic amines) is 1. The van der Waals surface area contributed by atoms with Gasteiger partial charge in [0.25, 0.3) is 0 Å². The number of hydrogen-bond donors (Lipinski definition) is 1. The molecule has 4 aliphatic rings. The Morgan fingerprint density at radius 1 is 0.882 bits per heavy atom. The number of unbranched alkanes of at least 4 members (excludes halogenated alkanes) is 2. The molecule has 1 unspecified atom stereocenters. The van der Waals surface area contributed by atoms with Crippen LogP contribution in [0.25, 0.3) is 0 Å². The van der Waals surface area contributed by atoms with Gasteiger partial charge in [-0.3, -0.25) is 14.4 Å². The van der Waals surface area contributed by atoms with Crippen molar-refractivity contribution in [3.8, 4) is 0 Å². The molecular weight excluding hydrogens is 434 g/mol. The van der Waals surface area contributed by atoms with Crippen LogP contribution < -0.4 is 0 Å². The van der Waals surface area contributed by atoms with Crippen molar-refractivity contribution in [2.75, 3.05) is 39.3 Å². The van der Waals surface area contributed by atoms with Gasteiger partial charge in [-0.05, 0) is 26.2 Å². The Hall–Kier alpha value is -2.19. The standard InChI is InChI=1S/C26H39N3O5/c1-4-6-7-14-28-16-9-12-26-20(23(32)29(17-10-18-30)21(26)24(28)33)19-22(31)27(13-5-2)15-8-11-25(19,3)34-26/h8-9,11-12,19-21,30H,4-7,10,13-18H2,1-3H3/t19-,20-,21?,25+,26-/m0/s1. The predicted molar refractivity (Wildman–Crippen MR) is 128 cm³/mol. The van der Waals surface area contributed by atoms with Crippen LogP contribution in [0.4, 0.5) is 0 Å². The molecule has 3 amide bonds.